The van der Waals surface area contributed by atoms with E-state index in [1.54, 1.807) is 18.5 Å². The maximum Gasteiger partial charge on any atom is 0.147 e. The number of nitrogens with two attached hydrogens (primary N) is 1. The van der Waals surface area contributed by atoms with Crippen molar-refractivity contribution in [3.05, 3.63) is 54.6 Å². The molecule has 2 rings (SSSR count). The zero-order valence-corrected chi connectivity index (χ0v) is 11.1. The molecular weight excluding hydrogens is 254 g/mol. The fourth-order valence-corrected chi connectivity index (χ4v) is 1.82. The van der Waals surface area contributed by atoms with Gasteiger partial charge in [0.05, 0.1) is 6.54 Å². The third-order valence-corrected chi connectivity index (χ3v) is 2.84. The Morgan fingerprint density at radius 2 is 1.85 bits per heavy atom. The van der Waals surface area contributed by atoms with E-state index in [-0.39, 0.29) is 5.84 Å². The summed E-state index contributed by atoms with van der Waals surface area (Å²) in [5.74, 6) is 0.941. The highest BCUT2D eigenvalue weighted by Gasteiger charge is 2.09. The van der Waals surface area contributed by atoms with Gasteiger partial charge in [0, 0.05) is 31.0 Å². The number of benzene rings is 1. The molecule has 20 heavy (non-hydrogen) atoms. The van der Waals surface area contributed by atoms with Crippen molar-refractivity contribution in [2.24, 2.45) is 10.9 Å². The lowest BCUT2D eigenvalue weighted by Crippen LogP contribution is -2.28. The Labute approximate surface area is 117 Å². The summed E-state index contributed by atoms with van der Waals surface area (Å²) in [4.78, 5) is 10.5. The molecule has 0 amide bonds. The predicted octanol–water partition coefficient (Wildman–Crippen LogP) is 1.62. The van der Waals surface area contributed by atoms with Gasteiger partial charge in [-0.15, -0.1) is 0 Å². The van der Waals surface area contributed by atoms with E-state index in [9.17, 15) is 0 Å². The van der Waals surface area contributed by atoms with E-state index < -0.39 is 0 Å². The summed E-state index contributed by atoms with van der Waals surface area (Å²) in [5, 5.41) is 11.6. The Kier molecular flexibility index (Phi) is 4.88. The monoisotopic (exact) mass is 271 g/mol. The van der Waals surface area contributed by atoms with Crippen LogP contribution in [0.3, 0.4) is 0 Å². The standard InChI is InChI=1S/C14H17N5O/c15-13(18-20)7-10-19(12-5-2-1-3-6-12)11-14-16-8-4-9-17-14/h1-6,8-9,20H,7,10-11H2,(H2,15,18). The molecule has 0 aliphatic carbocycles. The van der Waals surface area contributed by atoms with Gasteiger partial charge < -0.3 is 15.8 Å². The number of hydrogen-bond acceptors (Lipinski definition) is 5. The summed E-state index contributed by atoms with van der Waals surface area (Å²) in [5.41, 5.74) is 6.58. The Morgan fingerprint density at radius 1 is 1.15 bits per heavy atom. The van der Waals surface area contributed by atoms with Gasteiger partial charge in [0.1, 0.15) is 11.7 Å². The lowest BCUT2D eigenvalue weighted by atomic mass is 10.2. The average molecular weight is 271 g/mol. The molecule has 0 bridgehead atoms. The van der Waals surface area contributed by atoms with Crippen molar-refractivity contribution in [3.63, 3.8) is 0 Å². The van der Waals surface area contributed by atoms with Crippen LogP contribution < -0.4 is 10.6 Å². The van der Waals surface area contributed by atoms with Crippen LogP contribution in [-0.4, -0.2) is 27.6 Å². The number of anilines is 1. The Hall–Kier alpha value is -2.63. The van der Waals surface area contributed by atoms with Crippen LogP contribution in [0.25, 0.3) is 0 Å². The number of hydrogen-bond donors (Lipinski definition) is 2. The largest absolute Gasteiger partial charge is 0.409 e. The fourth-order valence-electron chi connectivity index (χ4n) is 1.82. The van der Waals surface area contributed by atoms with Crippen LogP contribution in [0.2, 0.25) is 0 Å². The van der Waals surface area contributed by atoms with Crippen LogP contribution >= 0.6 is 0 Å². The summed E-state index contributed by atoms with van der Waals surface area (Å²) in [6, 6.07) is 11.7. The molecular formula is C14H17N5O. The highest BCUT2D eigenvalue weighted by atomic mass is 16.4. The fraction of sp³-hybridized carbons (Fsp3) is 0.214. The predicted molar refractivity (Wildman–Crippen MR) is 77.5 cm³/mol. The van der Waals surface area contributed by atoms with Crippen LogP contribution in [0.1, 0.15) is 12.2 Å². The SMILES string of the molecule is NC(CCN(Cc1ncccn1)c1ccccc1)=NO. The Bertz CT molecular complexity index is 544. The Balaban J connectivity index is 2.12. The topological polar surface area (TPSA) is 87.6 Å². The van der Waals surface area contributed by atoms with E-state index >= 15 is 0 Å². The lowest BCUT2D eigenvalue weighted by molar-refractivity contribution is 0.317. The molecule has 0 saturated heterocycles. The molecule has 2 aromatic rings. The normalized spacial score (nSPS) is 11.3. The van der Waals surface area contributed by atoms with E-state index in [2.05, 4.69) is 20.0 Å². The molecule has 104 valence electrons. The van der Waals surface area contributed by atoms with Crippen molar-refractivity contribution in [3.8, 4) is 0 Å². The van der Waals surface area contributed by atoms with E-state index in [0.717, 1.165) is 11.5 Å². The van der Waals surface area contributed by atoms with Crippen molar-refractivity contribution in [2.75, 3.05) is 11.4 Å². The number of aromatic nitrogens is 2. The first-order valence-electron chi connectivity index (χ1n) is 6.32. The van der Waals surface area contributed by atoms with Gasteiger partial charge in [-0.1, -0.05) is 23.4 Å². The van der Waals surface area contributed by atoms with Crippen LogP contribution in [0, 0.1) is 0 Å². The van der Waals surface area contributed by atoms with Crippen LogP contribution in [-0.2, 0) is 6.54 Å². The number of oxime groups is 1. The van der Waals surface area contributed by atoms with E-state index in [0.29, 0.717) is 19.5 Å². The molecule has 0 aliphatic heterocycles. The van der Waals surface area contributed by atoms with Crippen LogP contribution in [0.5, 0.6) is 0 Å². The third kappa shape index (κ3) is 3.94. The Morgan fingerprint density at radius 3 is 2.50 bits per heavy atom. The highest BCUT2D eigenvalue weighted by Crippen LogP contribution is 2.15. The summed E-state index contributed by atoms with van der Waals surface area (Å²) >= 11 is 0. The quantitative estimate of drug-likeness (QED) is 0.361. The molecule has 6 heteroatoms. The molecule has 1 aromatic heterocycles. The van der Waals surface area contributed by atoms with E-state index in [1.807, 2.05) is 30.3 Å². The summed E-state index contributed by atoms with van der Waals surface area (Å²) in [6.07, 6.45) is 3.91. The first-order valence-corrected chi connectivity index (χ1v) is 6.32. The van der Waals surface area contributed by atoms with Gasteiger partial charge in [-0.05, 0) is 18.2 Å². The second kappa shape index (κ2) is 7.08. The van der Waals surface area contributed by atoms with E-state index in [4.69, 9.17) is 10.9 Å². The van der Waals surface area contributed by atoms with Crippen LogP contribution in [0.4, 0.5) is 5.69 Å². The summed E-state index contributed by atoms with van der Waals surface area (Å²) < 4.78 is 0. The molecule has 1 heterocycles. The van der Waals surface area contributed by atoms with Gasteiger partial charge in [0.25, 0.3) is 0 Å². The highest BCUT2D eigenvalue weighted by molar-refractivity contribution is 5.80. The molecule has 0 unspecified atom stereocenters. The molecule has 0 saturated carbocycles. The van der Waals surface area contributed by atoms with Crippen molar-refractivity contribution >= 4 is 11.5 Å². The van der Waals surface area contributed by atoms with Crippen molar-refractivity contribution in [1.29, 1.82) is 0 Å². The number of amidine groups is 1. The summed E-state index contributed by atoms with van der Waals surface area (Å²) in [6.45, 7) is 1.20. The third-order valence-electron chi connectivity index (χ3n) is 2.84. The second-order valence-corrected chi connectivity index (χ2v) is 4.26. The lowest BCUT2D eigenvalue weighted by Gasteiger charge is -2.23. The van der Waals surface area contributed by atoms with Crippen LogP contribution in [0.15, 0.2) is 53.9 Å². The minimum Gasteiger partial charge on any atom is -0.409 e. The molecule has 0 aliphatic rings. The van der Waals surface area contributed by atoms with Gasteiger partial charge in [-0.25, -0.2) is 9.97 Å². The summed E-state index contributed by atoms with van der Waals surface area (Å²) in [7, 11) is 0. The van der Waals surface area contributed by atoms with Crippen molar-refractivity contribution in [2.45, 2.75) is 13.0 Å². The average Bonchev–Trinajstić information content (AvgIpc) is 2.53. The molecule has 0 radical (unpaired) electrons. The number of nitrogens with zero attached hydrogens (tertiary/aromatic N) is 4. The number of para-hydroxylation sites is 1. The van der Waals surface area contributed by atoms with Gasteiger partial charge in [-0.3, -0.25) is 0 Å². The molecule has 3 N–H and O–H groups in total. The molecule has 6 nitrogen and oxygen atoms in total. The van der Waals surface area contributed by atoms with E-state index in [1.165, 1.54) is 0 Å². The zero-order chi connectivity index (χ0) is 14.2. The van der Waals surface area contributed by atoms with Gasteiger partial charge >= 0.3 is 0 Å². The van der Waals surface area contributed by atoms with Gasteiger partial charge in [0.2, 0.25) is 0 Å². The maximum atomic E-state index is 8.63. The minimum atomic E-state index is 0.208. The zero-order valence-electron chi connectivity index (χ0n) is 11.1. The number of rotatable bonds is 6. The smallest absolute Gasteiger partial charge is 0.147 e. The van der Waals surface area contributed by atoms with Crippen molar-refractivity contribution < 1.29 is 5.21 Å². The minimum absolute atomic E-state index is 0.208. The molecule has 0 atom stereocenters. The van der Waals surface area contributed by atoms with Gasteiger partial charge in [0.15, 0.2) is 0 Å². The van der Waals surface area contributed by atoms with Crippen molar-refractivity contribution in [1.82, 2.24) is 9.97 Å². The maximum absolute atomic E-state index is 8.63. The molecule has 1 aromatic carbocycles. The van der Waals surface area contributed by atoms with Gasteiger partial charge in [-0.2, -0.15) is 0 Å². The second-order valence-electron chi connectivity index (χ2n) is 4.26. The first-order chi connectivity index (χ1) is 9.79. The first kappa shape index (κ1) is 13.8. The molecule has 0 fully saturated rings. The molecule has 0 spiro atoms.